The standard InChI is InChI=1S/C20H22N4OS/c1-14-4-5-15(11-21)19(22-14)23-8-2-3-17(13-23)20(25)24-9-6-18-16(12-24)7-10-26-18/h4-5,7,10,17H,2-3,6,8-9,12-13H2,1H3. The summed E-state index contributed by atoms with van der Waals surface area (Å²) >= 11 is 1.79. The highest BCUT2D eigenvalue weighted by molar-refractivity contribution is 7.10. The molecule has 1 amide bonds. The van der Waals surface area contributed by atoms with Crippen LogP contribution in [-0.4, -0.2) is 35.4 Å². The number of amides is 1. The molecule has 5 nitrogen and oxygen atoms in total. The van der Waals surface area contributed by atoms with E-state index < -0.39 is 0 Å². The summed E-state index contributed by atoms with van der Waals surface area (Å²) in [4.78, 5) is 23.2. The Kier molecular flexibility index (Phi) is 4.64. The van der Waals surface area contributed by atoms with Gasteiger partial charge in [0.1, 0.15) is 11.9 Å². The zero-order valence-corrected chi connectivity index (χ0v) is 15.8. The van der Waals surface area contributed by atoms with Crippen LogP contribution in [0.3, 0.4) is 0 Å². The number of fused-ring (bicyclic) bond motifs is 1. The lowest BCUT2D eigenvalue weighted by atomic mass is 9.95. The number of nitrogens with zero attached hydrogens (tertiary/aromatic N) is 4. The Bertz CT molecular complexity index is 869. The van der Waals surface area contributed by atoms with Gasteiger partial charge in [0.15, 0.2) is 0 Å². The van der Waals surface area contributed by atoms with Crippen LogP contribution in [0.2, 0.25) is 0 Å². The second-order valence-corrected chi connectivity index (χ2v) is 8.10. The molecule has 0 saturated carbocycles. The average molecular weight is 366 g/mol. The molecule has 2 aliphatic heterocycles. The van der Waals surface area contributed by atoms with Crippen molar-refractivity contribution in [1.29, 1.82) is 5.26 Å². The fourth-order valence-electron chi connectivity index (χ4n) is 3.94. The van der Waals surface area contributed by atoms with Gasteiger partial charge in [-0.05, 0) is 55.3 Å². The fraction of sp³-hybridized carbons (Fsp3) is 0.450. The topological polar surface area (TPSA) is 60.2 Å². The van der Waals surface area contributed by atoms with E-state index in [0.717, 1.165) is 50.4 Å². The van der Waals surface area contributed by atoms with Crippen molar-refractivity contribution in [2.24, 2.45) is 5.92 Å². The highest BCUT2D eigenvalue weighted by Crippen LogP contribution is 2.29. The lowest BCUT2D eigenvalue weighted by molar-refractivity contribution is -0.136. The van der Waals surface area contributed by atoms with Crippen molar-refractivity contribution in [2.75, 3.05) is 24.5 Å². The molecule has 1 fully saturated rings. The van der Waals surface area contributed by atoms with Gasteiger partial charge in [0.25, 0.3) is 0 Å². The first-order chi connectivity index (χ1) is 12.7. The summed E-state index contributed by atoms with van der Waals surface area (Å²) in [5.41, 5.74) is 2.78. The first-order valence-electron chi connectivity index (χ1n) is 9.12. The number of piperidine rings is 1. The molecule has 1 atom stereocenters. The summed E-state index contributed by atoms with van der Waals surface area (Å²) < 4.78 is 0. The molecule has 1 saturated heterocycles. The van der Waals surface area contributed by atoms with Crippen LogP contribution in [0, 0.1) is 24.2 Å². The molecule has 2 aromatic heterocycles. The fourth-order valence-corrected chi connectivity index (χ4v) is 4.83. The zero-order chi connectivity index (χ0) is 18.1. The molecule has 6 heteroatoms. The average Bonchev–Trinajstić information content (AvgIpc) is 3.15. The Morgan fingerprint density at radius 1 is 1.35 bits per heavy atom. The van der Waals surface area contributed by atoms with Crippen LogP contribution >= 0.6 is 11.3 Å². The van der Waals surface area contributed by atoms with Crippen molar-refractivity contribution in [2.45, 2.75) is 32.7 Å². The molecule has 0 N–H and O–H groups in total. The van der Waals surface area contributed by atoms with Crippen molar-refractivity contribution in [3.05, 3.63) is 45.3 Å². The molecule has 1 unspecified atom stereocenters. The number of carbonyl (C=O) groups is 1. The maximum Gasteiger partial charge on any atom is 0.227 e. The monoisotopic (exact) mass is 366 g/mol. The summed E-state index contributed by atoms with van der Waals surface area (Å²) in [6, 6.07) is 8.07. The van der Waals surface area contributed by atoms with Gasteiger partial charge < -0.3 is 9.80 Å². The number of hydrogen-bond acceptors (Lipinski definition) is 5. The maximum absolute atomic E-state index is 13.1. The van der Waals surface area contributed by atoms with Gasteiger partial charge in [-0.25, -0.2) is 4.98 Å². The number of pyridine rings is 1. The number of nitriles is 1. The van der Waals surface area contributed by atoms with Crippen molar-refractivity contribution in [3.8, 4) is 6.07 Å². The third-order valence-corrected chi connectivity index (χ3v) is 6.35. The van der Waals surface area contributed by atoms with Gasteiger partial charge in [0.2, 0.25) is 5.91 Å². The van der Waals surface area contributed by atoms with Gasteiger partial charge in [-0.15, -0.1) is 11.3 Å². The molecular formula is C20H22N4OS. The van der Waals surface area contributed by atoms with E-state index in [0.29, 0.717) is 12.1 Å². The third kappa shape index (κ3) is 3.19. The highest BCUT2D eigenvalue weighted by Gasteiger charge is 2.32. The molecule has 2 aromatic rings. The van der Waals surface area contributed by atoms with Gasteiger partial charge in [0.05, 0.1) is 11.5 Å². The van der Waals surface area contributed by atoms with E-state index in [-0.39, 0.29) is 11.8 Å². The predicted octanol–water partition coefficient (Wildman–Crippen LogP) is 3.12. The molecule has 0 aromatic carbocycles. The number of thiophene rings is 1. The number of carbonyl (C=O) groups excluding carboxylic acids is 1. The summed E-state index contributed by atoms with van der Waals surface area (Å²) in [6.07, 6.45) is 2.83. The first-order valence-corrected chi connectivity index (χ1v) is 10.0. The second-order valence-electron chi connectivity index (χ2n) is 7.10. The van der Waals surface area contributed by atoms with Gasteiger partial charge in [-0.1, -0.05) is 0 Å². The molecule has 2 aliphatic rings. The van der Waals surface area contributed by atoms with Crippen LogP contribution in [0.1, 0.15) is 34.5 Å². The van der Waals surface area contributed by atoms with Crippen molar-refractivity contribution in [1.82, 2.24) is 9.88 Å². The van der Waals surface area contributed by atoms with E-state index in [4.69, 9.17) is 0 Å². The molecule has 4 rings (SSSR count). The smallest absolute Gasteiger partial charge is 0.227 e. The number of aryl methyl sites for hydroxylation is 1. The van der Waals surface area contributed by atoms with Gasteiger partial charge in [0, 0.05) is 36.8 Å². The quantitative estimate of drug-likeness (QED) is 0.819. The lowest BCUT2D eigenvalue weighted by Gasteiger charge is -2.37. The molecule has 4 heterocycles. The van der Waals surface area contributed by atoms with E-state index in [1.807, 2.05) is 24.0 Å². The number of rotatable bonds is 2. The molecule has 26 heavy (non-hydrogen) atoms. The van der Waals surface area contributed by atoms with Crippen LogP contribution < -0.4 is 4.90 Å². The number of aromatic nitrogens is 1. The Balaban J connectivity index is 1.50. The number of hydrogen-bond donors (Lipinski definition) is 0. The summed E-state index contributed by atoms with van der Waals surface area (Å²) in [6.45, 7) is 4.99. The lowest BCUT2D eigenvalue weighted by Crippen LogP contribution is -2.46. The molecule has 0 spiro atoms. The minimum atomic E-state index is -0.0159. The molecule has 0 bridgehead atoms. The van der Waals surface area contributed by atoms with Crippen molar-refractivity contribution >= 4 is 23.1 Å². The van der Waals surface area contributed by atoms with Gasteiger partial charge in [-0.2, -0.15) is 5.26 Å². The third-order valence-electron chi connectivity index (χ3n) is 5.32. The molecule has 134 valence electrons. The van der Waals surface area contributed by atoms with Crippen LogP contribution in [0.25, 0.3) is 0 Å². The summed E-state index contributed by atoms with van der Waals surface area (Å²) in [5, 5.41) is 11.5. The SMILES string of the molecule is Cc1ccc(C#N)c(N2CCCC(C(=O)N3CCc4sccc4C3)C2)n1. The maximum atomic E-state index is 13.1. The van der Waals surface area contributed by atoms with Crippen LogP contribution in [0.4, 0.5) is 5.82 Å². The Morgan fingerprint density at radius 2 is 2.23 bits per heavy atom. The Hall–Kier alpha value is -2.39. The van der Waals surface area contributed by atoms with Crippen molar-refractivity contribution in [3.63, 3.8) is 0 Å². The summed E-state index contributed by atoms with van der Waals surface area (Å²) in [5.74, 6) is 0.958. The van der Waals surface area contributed by atoms with E-state index >= 15 is 0 Å². The van der Waals surface area contributed by atoms with Crippen LogP contribution in [-0.2, 0) is 17.8 Å². The second kappa shape index (κ2) is 7.08. The van der Waals surface area contributed by atoms with Crippen LogP contribution in [0.5, 0.6) is 0 Å². The summed E-state index contributed by atoms with van der Waals surface area (Å²) in [7, 11) is 0. The largest absolute Gasteiger partial charge is 0.355 e. The molecule has 0 aliphatic carbocycles. The van der Waals surface area contributed by atoms with E-state index in [1.165, 1.54) is 10.4 Å². The Morgan fingerprint density at radius 3 is 3.08 bits per heavy atom. The zero-order valence-electron chi connectivity index (χ0n) is 14.9. The highest BCUT2D eigenvalue weighted by atomic mass is 32.1. The normalized spacial score (nSPS) is 19.8. The van der Waals surface area contributed by atoms with E-state index in [2.05, 4.69) is 27.4 Å². The predicted molar refractivity (Wildman–Crippen MR) is 102 cm³/mol. The molecular weight excluding hydrogens is 344 g/mol. The van der Waals surface area contributed by atoms with Crippen LogP contribution in [0.15, 0.2) is 23.6 Å². The van der Waals surface area contributed by atoms with Gasteiger partial charge >= 0.3 is 0 Å². The number of anilines is 1. The molecule has 0 radical (unpaired) electrons. The minimum absolute atomic E-state index is 0.0159. The van der Waals surface area contributed by atoms with E-state index in [1.54, 1.807) is 11.3 Å². The minimum Gasteiger partial charge on any atom is -0.355 e. The van der Waals surface area contributed by atoms with Gasteiger partial charge in [-0.3, -0.25) is 4.79 Å². The first kappa shape index (κ1) is 17.0. The van der Waals surface area contributed by atoms with E-state index in [9.17, 15) is 10.1 Å². The Labute approximate surface area is 157 Å². The van der Waals surface area contributed by atoms with Crippen molar-refractivity contribution < 1.29 is 4.79 Å².